The Labute approximate surface area is 252 Å². The molecule has 3 heterocycles. The number of nitrogens with zero attached hydrogens (tertiary/aromatic N) is 5. The van der Waals surface area contributed by atoms with E-state index >= 15 is 0 Å². The molecule has 0 bridgehead atoms. The third kappa shape index (κ3) is 4.54. The van der Waals surface area contributed by atoms with Crippen LogP contribution in [0.4, 0.5) is 21.9 Å². The molecule has 0 spiro atoms. The summed E-state index contributed by atoms with van der Waals surface area (Å²) in [5.74, 6) is 0.212. The van der Waals surface area contributed by atoms with Crippen molar-refractivity contribution in [1.82, 2.24) is 20.4 Å². The van der Waals surface area contributed by atoms with Gasteiger partial charge in [0, 0.05) is 36.3 Å². The second-order valence-corrected chi connectivity index (χ2v) is 10.3. The average molecular weight is 580 g/mol. The molecular formula is C34H25N7O3. The molecule has 44 heavy (non-hydrogen) atoms. The summed E-state index contributed by atoms with van der Waals surface area (Å²) in [5, 5.41) is 6.63. The highest BCUT2D eigenvalue weighted by molar-refractivity contribution is 6.35. The highest BCUT2D eigenvalue weighted by Crippen LogP contribution is 2.36. The Hall–Kier alpha value is -6.16. The number of aliphatic imine (C=N–C) groups is 3. The average Bonchev–Trinajstić information content (AvgIpc) is 3.56. The Morgan fingerprint density at radius 1 is 0.500 bits per heavy atom. The summed E-state index contributed by atoms with van der Waals surface area (Å²) in [4.78, 5) is 55.8. The number of carbonyl (C=O) groups excluding carboxylic acids is 3. The fourth-order valence-corrected chi connectivity index (χ4v) is 5.29. The number of para-hydroxylation sites is 3. The smallest absolute Gasteiger partial charge is 0.333 e. The van der Waals surface area contributed by atoms with Crippen LogP contribution in [0.5, 0.6) is 0 Å². The fraction of sp³-hybridized carbons (Fsp3) is 0.0588. The largest absolute Gasteiger partial charge is 0.338 e. The Morgan fingerprint density at radius 3 is 1.30 bits per heavy atom. The number of benzene rings is 4. The van der Waals surface area contributed by atoms with Crippen LogP contribution in [0.1, 0.15) is 22.3 Å². The van der Waals surface area contributed by atoms with E-state index in [4.69, 9.17) is 15.0 Å². The van der Waals surface area contributed by atoms with E-state index in [0.29, 0.717) is 34.3 Å². The molecule has 4 amide bonds. The topological polar surface area (TPSA) is 119 Å². The molecule has 10 nitrogen and oxygen atoms in total. The summed E-state index contributed by atoms with van der Waals surface area (Å²) in [5.41, 5.74) is 5.06. The van der Waals surface area contributed by atoms with E-state index in [-0.39, 0.29) is 11.3 Å². The van der Waals surface area contributed by atoms with Gasteiger partial charge in [-0.05, 0) is 48.5 Å². The molecule has 1 fully saturated rings. The van der Waals surface area contributed by atoms with Gasteiger partial charge < -0.3 is 10.6 Å². The highest BCUT2D eigenvalue weighted by atomic mass is 16.2. The van der Waals surface area contributed by atoms with Gasteiger partial charge in [-0.15, -0.1) is 0 Å². The minimum atomic E-state index is -0.698. The van der Waals surface area contributed by atoms with Gasteiger partial charge in [0.25, 0.3) is 11.8 Å². The lowest BCUT2D eigenvalue weighted by atomic mass is 9.96. The van der Waals surface area contributed by atoms with Crippen molar-refractivity contribution < 1.29 is 14.4 Å². The summed E-state index contributed by atoms with van der Waals surface area (Å²) >= 11 is 0. The van der Waals surface area contributed by atoms with E-state index < -0.39 is 17.8 Å². The van der Waals surface area contributed by atoms with Gasteiger partial charge in [0.15, 0.2) is 0 Å². The molecule has 0 aliphatic carbocycles. The number of barbiturate groups is 1. The van der Waals surface area contributed by atoms with E-state index in [1.54, 1.807) is 0 Å². The van der Waals surface area contributed by atoms with Crippen LogP contribution in [0.25, 0.3) is 5.70 Å². The van der Waals surface area contributed by atoms with Crippen molar-refractivity contribution in [2.24, 2.45) is 15.0 Å². The van der Waals surface area contributed by atoms with E-state index in [0.717, 1.165) is 32.3 Å². The van der Waals surface area contributed by atoms with Crippen molar-refractivity contribution >= 4 is 58.1 Å². The number of amides is 4. The van der Waals surface area contributed by atoms with Crippen LogP contribution in [-0.4, -0.2) is 59.2 Å². The molecule has 0 saturated carbocycles. The minimum absolute atomic E-state index is 0.153. The first-order valence-electron chi connectivity index (χ1n) is 13.9. The van der Waals surface area contributed by atoms with Gasteiger partial charge in [-0.2, -0.15) is 0 Å². The lowest BCUT2D eigenvalue weighted by molar-refractivity contribution is -0.134. The number of hydrogen-bond donors (Lipinski definition) is 2. The maximum atomic E-state index is 13.4. The number of imide groups is 2. The van der Waals surface area contributed by atoms with E-state index in [2.05, 4.69) is 10.6 Å². The van der Waals surface area contributed by atoms with Crippen LogP contribution in [0.2, 0.25) is 0 Å². The van der Waals surface area contributed by atoms with Gasteiger partial charge in [0.05, 0.1) is 22.8 Å². The maximum absolute atomic E-state index is 13.4. The van der Waals surface area contributed by atoms with Gasteiger partial charge in [-0.1, -0.05) is 54.6 Å². The Morgan fingerprint density at radius 2 is 0.864 bits per heavy atom. The maximum Gasteiger partial charge on any atom is 0.333 e. The number of amidine groups is 3. The molecular weight excluding hydrogens is 554 g/mol. The molecule has 0 aromatic heterocycles. The first-order valence-corrected chi connectivity index (χ1v) is 13.9. The lowest BCUT2D eigenvalue weighted by Crippen LogP contribution is -2.53. The number of likely N-dealkylation sites (N-methyl/N-ethyl adjacent to an activating group) is 2. The second kappa shape index (κ2) is 10.6. The summed E-state index contributed by atoms with van der Waals surface area (Å²) in [7, 11) is 2.71. The number of rotatable bonds is 3. The van der Waals surface area contributed by atoms with Crippen LogP contribution in [0.15, 0.2) is 124 Å². The predicted octanol–water partition coefficient (Wildman–Crippen LogP) is 4.89. The first kappa shape index (κ1) is 26.7. The van der Waals surface area contributed by atoms with Crippen LogP contribution in [0, 0.1) is 0 Å². The molecule has 0 atom stereocenters. The van der Waals surface area contributed by atoms with Crippen molar-refractivity contribution in [3.05, 3.63) is 131 Å². The zero-order valence-electron chi connectivity index (χ0n) is 23.8. The summed E-state index contributed by atoms with van der Waals surface area (Å²) in [6, 6.07) is 31.6. The molecule has 3 aliphatic heterocycles. The second-order valence-electron chi connectivity index (χ2n) is 10.3. The van der Waals surface area contributed by atoms with E-state index in [1.807, 2.05) is 103 Å². The fourth-order valence-electron chi connectivity index (χ4n) is 5.29. The summed E-state index contributed by atoms with van der Waals surface area (Å²) in [6.45, 7) is 0. The highest BCUT2D eigenvalue weighted by Gasteiger charge is 2.43. The van der Waals surface area contributed by atoms with Gasteiger partial charge in [-0.3, -0.25) is 19.4 Å². The van der Waals surface area contributed by atoms with Crippen molar-refractivity contribution in [2.45, 2.75) is 0 Å². The zero-order valence-corrected chi connectivity index (χ0v) is 23.8. The third-order valence-corrected chi connectivity index (χ3v) is 7.52. The minimum Gasteiger partial charge on any atom is -0.338 e. The molecule has 7 rings (SSSR count). The standard InChI is InChI=1S/C34H25N7O3/c1-40-32(42)27(33(43)41(2)34(40)44)28-23-18-25-26(19-24(23)29(38-28)35-20-12-6-3-7-13-20)31(37-22-16-10-5-11-17-22)39-30(25)36-21-14-8-4-9-15-21/h3-19H,1-2H3,(H,35,38)(H,36,37,39). The van der Waals surface area contributed by atoms with Gasteiger partial charge >= 0.3 is 6.03 Å². The number of carbonyl (C=O) groups is 3. The zero-order chi connectivity index (χ0) is 30.4. The van der Waals surface area contributed by atoms with Crippen molar-refractivity contribution in [2.75, 3.05) is 14.1 Å². The third-order valence-electron chi connectivity index (χ3n) is 7.52. The molecule has 3 aliphatic rings. The summed E-state index contributed by atoms with van der Waals surface area (Å²) < 4.78 is 0. The van der Waals surface area contributed by atoms with Gasteiger partial charge in [0.2, 0.25) is 0 Å². The Balaban J connectivity index is 1.48. The van der Waals surface area contributed by atoms with Crippen LogP contribution >= 0.6 is 0 Å². The first-order chi connectivity index (χ1) is 21.4. The number of urea groups is 1. The van der Waals surface area contributed by atoms with Crippen LogP contribution in [0.3, 0.4) is 0 Å². The number of hydrogen-bond acceptors (Lipinski definition) is 6. The Kier molecular flexibility index (Phi) is 6.43. The molecule has 214 valence electrons. The molecule has 0 radical (unpaired) electrons. The normalized spacial score (nSPS) is 18.7. The lowest BCUT2D eigenvalue weighted by Gasteiger charge is -2.29. The molecule has 1 saturated heterocycles. The number of fused-ring (bicyclic) bond motifs is 2. The van der Waals surface area contributed by atoms with Crippen LogP contribution in [-0.2, 0) is 9.59 Å². The van der Waals surface area contributed by atoms with Crippen LogP contribution < -0.4 is 10.6 Å². The molecule has 4 aromatic rings. The predicted molar refractivity (Wildman–Crippen MR) is 168 cm³/mol. The van der Waals surface area contributed by atoms with E-state index in [9.17, 15) is 14.4 Å². The monoisotopic (exact) mass is 579 g/mol. The summed E-state index contributed by atoms with van der Waals surface area (Å²) in [6.07, 6.45) is 0. The molecule has 0 unspecified atom stereocenters. The Bertz CT molecular complexity index is 1960. The molecule has 4 aromatic carbocycles. The SMILES string of the molecule is CN1C(=O)C(=C2NC(=Nc3ccccc3)c3cc4c(cc32)C(=Nc2ccccc2)NC4=Nc2ccccc2)C(=O)N(C)C1=O. The van der Waals surface area contributed by atoms with Crippen molar-refractivity contribution in [3.63, 3.8) is 0 Å². The quantitative estimate of drug-likeness (QED) is 0.265. The number of nitrogens with one attached hydrogen (secondary N) is 2. The van der Waals surface area contributed by atoms with Crippen molar-refractivity contribution in [1.29, 1.82) is 0 Å². The van der Waals surface area contributed by atoms with E-state index in [1.165, 1.54) is 14.1 Å². The van der Waals surface area contributed by atoms with Gasteiger partial charge in [0.1, 0.15) is 23.1 Å². The molecule has 2 N–H and O–H groups in total. The molecule has 10 heteroatoms. The van der Waals surface area contributed by atoms with Gasteiger partial charge in [-0.25, -0.2) is 19.8 Å². The van der Waals surface area contributed by atoms with Crippen molar-refractivity contribution in [3.8, 4) is 0 Å².